The third-order valence-electron chi connectivity index (χ3n) is 5.16. The monoisotopic (exact) mass is 389 g/mol. The molecule has 1 N–H and O–H groups in total. The summed E-state index contributed by atoms with van der Waals surface area (Å²) in [5.74, 6) is 1.31. The Kier molecular flexibility index (Phi) is 4.70. The number of carbonyl (C=O) groups excluding carboxylic acids is 1. The number of aryl methyl sites for hydroxylation is 5. The number of hydrogen-bond acceptors (Lipinski definition) is 5. The largest absolute Gasteiger partial charge is 0.466 e. The summed E-state index contributed by atoms with van der Waals surface area (Å²) in [6, 6.07) is 9.71. The predicted molar refractivity (Wildman–Crippen MR) is 112 cm³/mol. The number of anilines is 1. The molecule has 148 valence electrons. The highest BCUT2D eigenvalue weighted by Gasteiger charge is 2.22. The molecule has 0 aliphatic heterocycles. The Morgan fingerprint density at radius 2 is 1.93 bits per heavy atom. The summed E-state index contributed by atoms with van der Waals surface area (Å²) in [5, 5.41) is 7.73. The minimum absolute atomic E-state index is 0.216. The van der Waals surface area contributed by atoms with E-state index in [4.69, 9.17) is 8.94 Å². The van der Waals surface area contributed by atoms with Gasteiger partial charge in [0.25, 0.3) is 11.6 Å². The average Bonchev–Trinajstić information content (AvgIpc) is 3.24. The van der Waals surface area contributed by atoms with E-state index in [1.165, 1.54) is 0 Å². The number of carbonyl (C=O) groups is 1. The second kappa shape index (κ2) is 7.20. The molecule has 6 heteroatoms. The van der Waals surface area contributed by atoms with Gasteiger partial charge in [0.1, 0.15) is 11.5 Å². The first kappa shape index (κ1) is 18.9. The Bertz CT molecular complexity index is 1230. The summed E-state index contributed by atoms with van der Waals surface area (Å²) in [6.07, 6.45) is 0.827. The molecule has 1 aromatic carbocycles. The van der Waals surface area contributed by atoms with Crippen LogP contribution in [0.2, 0.25) is 0 Å². The Morgan fingerprint density at radius 3 is 2.62 bits per heavy atom. The van der Waals surface area contributed by atoms with Crippen molar-refractivity contribution < 1.29 is 13.7 Å². The molecule has 0 aliphatic carbocycles. The Morgan fingerprint density at radius 1 is 1.14 bits per heavy atom. The van der Waals surface area contributed by atoms with Crippen molar-refractivity contribution in [2.45, 2.75) is 41.0 Å². The first-order valence-corrected chi connectivity index (χ1v) is 9.63. The van der Waals surface area contributed by atoms with Crippen molar-refractivity contribution >= 4 is 22.7 Å². The maximum Gasteiger partial charge on any atom is 0.259 e. The zero-order valence-corrected chi connectivity index (χ0v) is 17.2. The number of hydrogen-bond donors (Lipinski definition) is 1. The van der Waals surface area contributed by atoms with Gasteiger partial charge in [-0.05, 0) is 57.4 Å². The third-order valence-corrected chi connectivity index (χ3v) is 5.16. The van der Waals surface area contributed by atoms with Crippen molar-refractivity contribution in [2.75, 3.05) is 5.32 Å². The van der Waals surface area contributed by atoms with E-state index < -0.39 is 0 Å². The van der Waals surface area contributed by atoms with E-state index in [0.717, 1.165) is 40.3 Å². The van der Waals surface area contributed by atoms with Crippen LogP contribution in [0.4, 0.5) is 5.69 Å². The van der Waals surface area contributed by atoms with E-state index >= 15 is 0 Å². The van der Waals surface area contributed by atoms with Crippen LogP contribution in [0.3, 0.4) is 0 Å². The van der Waals surface area contributed by atoms with Crippen LogP contribution in [0.5, 0.6) is 0 Å². The smallest absolute Gasteiger partial charge is 0.259 e. The minimum Gasteiger partial charge on any atom is -0.466 e. The first-order valence-electron chi connectivity index (χ1n) is 9.63. The lowest BCUT2D eigenvalue weighted by atomic mass is 10.0. The fourth-order valence-corrected chi connectivity index (χ4v) is 3.68. The Balaban J connectivity index is 1.85. The van der Waals surface area contributed by atoms with Gasteiger partial charge in [-0.15, -0.1) is 0 Å². The van der Waals surface area contributed by atoms with E-state index in [1.54, 1.807) is 6.07 Å². The molecule has 3 aromatic heterocycles. The van der Waals surface area contributed by atoms with Crippen molar-refractivity contribution in [2.24, 2.45) is 0 Å². The second-order valence-corrected chi connectivity index (χ2v) is 7.25. The van der Waals surface area contributed by atoms with E-state index in [-0.39, 0.29) is 5.91 Å². The maximum absolute atomic E-state index is 13.3. The van der Waals surface area contributed by atoms with Crippen molar-refractivity contribution in [1.29, 1.82) is 0 Å². The number of aromatic nitrogens is 2. The summed E-state index contributed by atoms with van der Waals surface area (Å²) >= 11 is 0. The summed E-state index contributed by atoms with van der Waals surface area (Å²) in [7, 11) is 0. The van der Waals surface area contributed by atoms with Crippen LogP contribution in [-0.4, -0.2) is 16.0 Å². The zero-order valence-electron chi connectivity index (χ0n) is 17.2. The molecule has 0 saturated carbocycles. The maximum atomic E-state index is 13.3. The molecule has 0 radical (unpaired) electrons. The Labute approximate surface area is 168 Å². The number of rotatable bonds is 4. The third kappa shape index (κ3) is 3.31. The Hall–Kier alpha value is -3.41. The van der Waals surface area contributed by atoms with Gasteiger partial charge >= 0.3 is 0 Å². The molecule has 29 heavy (non-hydrogen) atoms. The van der Waals surface area contributed by atoms with Gasteiger partial charge < -0.3 is 14.3 Å². The number of furan rings is 1. The van der Waals surface area contributed by atoms with Crippen molar-refractivity contribution in [3.8, 4) is 11.3 Å². The van der Waals surface area contributed by atoms with Crippen LogP contribution in [-0.2, 0) is 6.42 Å². The molecule has 0 bridgehead atoms. The number of fused-ring (bicyclic) bond motifs is 1. The lowest BCUT2D eigenvalue weighted by Crippen LogP contribution is -2.15. The van der Waals surface area contributed by atoms with Gasteiger partial charge in [-0.1, -0.05) is 30.3 Å². The van der Waals surface area contributed by atoms with Gasteiger partial charge in [-0.2, -0.15) is 0 Å². The highest BCUT2D eigenvalue weighted by molar-refractivity contribution is 6.13. The summed E-state index contributed by atoms with van der Waals surface area (Å²) in [5.41, 5.74) is 5.85. The van der Waals surface area contributed by atoms with E-state index in [2.05, 4.69) is 22.4 Å². The number of nitrogens with zero attached hydrogens (tertiary/aromatic N) is 2. The lowest BCUT2D eigenvalue weighted by Gasteiger charge is -2.14. The molecule has 3 heterocycles. The molecule has 0 unspecified atom stereocenters. The standard InChI is InChI=1S/C23H23N3O3/c1-6-16-9-7-8-12(2)21(16)25-22(27)18-11-19(17-10-13(3)28-15(17)5)24-23-20(18)14(4)26-29-23/h7-11H,6H2,1-5H3,(H,25,27). The molecule has 1 amide bonds. The van der Waals surface area contributed by atoms with E-state index in [0.29, 0.717) is 28.1 Å². The number of pyridine rings is 1. The van der Waals surface area contributed by atoms with Crippen LogP contribution in [0.15, 0.2) is 39.3 Å². The molecule has 0 aliphatic rings. The lowest BCUT2D eigenvalue weighted by molar-refractivity contribution is 0.102. The fourth-order valence-electron chi connectivity index (χ4n) is 3.68. The van der Waals surface area contributed by atoms with Gasteiger partial charge in [-0.3, -0.25) is 4.79 Å². The van der Waals surface area contributed by atoms with Crippen molar-refractivity contribution in [1.82, 2.24) is 10.1 Å². The number of benzene rings is 1. The molecule has 4 rings (SSSR count). The summed E-state index contributed by atoms with van der Waals surface area (Å²) in [6.45, 7) is 9.63. The normalized spacial score (nSPS) is 11.2. The molecule has 0 fully saturated rings. The van der Waals surface area contributed by atoms with Crippen molar-refractivity contribution in [3.05, 3.63) is 64.2 Å². The number of para-hydroxylation sites is 1. The summed E-state index contributed by atoms with van der Waals surface area (Å²) < 4.78 is 11.0. The van der Waals surface area contributed by atoms with Crippen LogP contribution in [0.25, 0.3) is 22.4 Å². The molecular formula is C23H23N3O3. The highest BCUT2D eigenvalue weighted by atomic mass is 16.5. The molecular weight excluding hydrogens is 366 g/mol. The average molecular weight is 389 g/mol. The number of nitrogens with one attached hydrogen (secondary N) is 1. The second-order valence-electron chi connectivity index (χ2n) is 7.25. The topological polar surface area (TPSA) is 81.2 Å². The van der Waals surface area contributed by atoms with Gasteiger partial charge in [0, 0.05) is 11.3 Å². The SMILES string of the molecule is CCc1cccc(C)c1NC(=O)c1cc(-c2cc(C)oc2C)nc2onc(C)c12. The number of amides is 1. The van der Waals surface area contributed by atoms with E-state index in [9.17, 15) is 4.79 Å². The van der Waals surface area contributed by atoms with Crippen molar-refractivity contribution in [3.63, 3.8) is 0 Å². The zero-order chi connectivity index (χ0) is 20.7. The quantitative estimate of drug-likeness (QED) is 0.496. The van der Waals surface area contributed by atoms with Gasteiger partial charge in [0.05, 0.1) is 22.3 Å². The van der Waals surface area contributed by atoms with Gasteiger partial charge in [0.15, 0.2) is 0 Å². The molecule has 0 saturated heterocycles. The van der Waals surface area contributed by atoms with Crippen LogP contribution >= 0.6 is 0 Å². The molecule has 0 spiro atoms. The fraction of sp³-hybridized carbons (Fsp3) is 0.261. The molecule has 6 nitrogen and oxygen atoms in total. The first-order chi connectivity index (χ1) is 13.9. The predicted octanol–water partition coefficient (Wildman–Crippen LogP) is 5.53. The van der Waals surface area contributed by atoms with E-state index in [1.807, 2.05) is 52.0 Å². The van der Waals surface area contributed by atoms with Crippen LogP contribution in [0.1, 0.15) is 45.6 Å². The summed E-state index contributed by atoms with van der Waals surface area (Å²) in [4.78, 5) is 17.9. The molecule has 0 atom stereocenters. The molecule has 4 aromatic rings. The van der Waals surface area contributed by atoms with Gasteiger partial charge in [0.2, 0.25) is 0 Å². The van der Waals surface area contributed by atoms with Crippen LogP contribution < -0.4 is 5.32 Å². The van der Waals surface area contributed by atoms with Crippen LogP contribution in [0, 0.1) is 27.7 Å². The minimum atomic E-state index is -0.216. The highest BCUT2D eigenvalue weighted by Crippen LogP contribution is 2.31. The van der Waals surface area contributed by atoms with Gasteiger partial charge in [-0.25, -0.2) is 4.98 Å².